The topological polar surface area (TPSA) is 237 Å². The molecule has 0 spiro atoms. The fraction of sp³-hybridized carbons (Fsp3) is 0.951. The van der Waals surface area contributed by atoms with Crippen LogP contribution in [0.15, 0.2) is 0 Å². The molecule has 0 saturated heterocycles. The number of esters is 4. The average molecular weight is 1480 g/mol. The van der Waals surface area contributed by atoms with E-state index >= 15 is 0 Å². The molecule has 0 bridgehead atoms. The lowest BCUT2D eigenvalue weighted by Crippen LogP contribution is -2.30. The van der Waals surface area contributed by atoms with E-state index in [1.807, 2.05) is 0 Å². The molecule has 0 rings (SSSR count). The highest BCUT2D eigenvalue weighted by molar-refractivity contribution is 7.47. The van der Waals surface area contributed by atoms with E-state index in [0.29, 0.717) is 25.7 Å². The van der Waals surface area contributed by atoms with Crippen molar-refractivity contribution in [2.45, 2.75) is 457 Å². The van der Waals surface area contributed by atoms with Crippen LogP contribution in [0.4, 0.5) is 0 Å². The molecule has 3 N–H and O–H groups in total. The maximum atomic E-state index is 13.1. The number of carbonyl (C=O) groups is 4. The van der Waals surface area contributed by atoms with Gasteiger partial charge in [0.15, 0.2) is 12.2 Å². The van der Waals surface area contributed by atoms with Crippen LogP contribution in [-0.2, 0) is 65.4 Å². The molecule has 101 heavy (non-hydrogen) atoms. The number of phosphoric acid groups is 2. The number of unbranched alkanes of at least 4 members (excludes halogenated alkanes) is 53. The number of aliphatic hydroxyl groups is 1. The van der Waals surface area contributed by atoms with Crippen LogP contribution in [0.1, 0.15) is 439 Å². The van der Waals surface area contributed by atoms with Crippen LogP contribution in [0.25, 0.3) is 0 Å². The molecule has 6 atom stereocenters. The molecule has 0 aliphatic carbocycles. The Hall–Kier alpha value is -1.94. The van der Waals surface area contributed by atoms with Gasteiger partial charge in [0.25, 0.3) is 0 Å². The van der Waals surface area contributed by atoms with Gasteiger partial charge in [-0.25, -0.2) is 9.13 Å². The second-order valence-electron chi connectivity index (χ2n) is 29.8. The maximum Gasteiger partial charge on any atom is 0.472 e. The van der Waals surface area contributed by atoms with Crippen molar-refractivity contribution in [3.63, 3.8) is 0 Å². The predicted molar refractivity (Wildman–Crippen MR) is 414 cm³/mol. The lowest BCUT2D eigenvalue weighted by atomic mass is 9.99. The van der Waals surface area contributed by atoms with Crippen LogP contribution in [-0.4, -0.2) is 96.7 Å². The summed E-state index contributed by atoms with van der Waals surface area (Å²) in [6.45, 7) is 7.37. The molecular weight excluding hydrogens is 1320 g/mol. The average Bonchev–Trinajstić information content (AvgIpc) is 0.945. The molecule has 0 fully saturated rings. The minimum absolute atomic E-state index is 0.107. The first-order valence-corrected chi connectivity index (χ1v) is 45.7. The zero-order valence-electron chi connectivity index (χ0n) is 66.1. The van der Waals surface area contributed by atoms with Gasteiger partial charge in [-0.3, -0.25) is 37.3 Å². The summed E-state index contributed by atoms with van der Waals surface area (Å²) in [4.78, 5) is 73.1. The maximum absolute atomic E-state index is 13.1. The van der Waals surface area contributed by atoms with E-state index in [9.17, 15) is 43.2 Å². The molecule has 0 radical (unpaired) electrons. The van der Waals surface area contributed by atoms with Gasteiger partial charge >= 0.3 is 39.5 Å². The van der Waals surface area contributed by atoms with Gasteiger partial charge in [-0.2, -0.15) is 0 Å². The molecule has 0 saturated carbocycles. The minimum atomic E-state index is -4.96. The van der Waals surface area contributed by atoms with Gasteiger partial charge in [-0.05, 0) is 31.6 Å². The summed E-state index contributed by atoms with van der Waals surface area (Å²) in [6, 6.07) is 0. The molecule has 0 aliphatic heterocycles. The Labute approximate surface area is 619 Å². The SMILES string of the molecule is CCCCCCCCCCCCCCCCCCCCC(=O)O[C@H](COC(=O)CCCCCCCCCCCCCCCCCCC)COP(=O)(O)OC[C@@H](O)COP(=O)(O)OC[C@@H](COC(=O)CCCCCCCCCCCCCC)OC(=O)CCCCCCCCCCCCC(C)CC. The number of ether oxygens (including phenoxy) is 4. The first-order chi connectivity index (χ1) is 49.1. The van der Waals surface area contributed by atoms with Crippen LogP contribution >= 0.6 is 15.6 Å². The smallest absolute Gasteiger partial charge is 0.462 e. The number of carbonyl (C=O) groups excluding carboxylic acids is 4. The highest BCUT2D eigenvalue weighted by atomic mass is 31.2. The van der Waals surface area contributed by atoms with Crippen LogP contribution in [0.5, 0.6) is 0 Å². The Morgan fingerprint density at radius 3 is 0.703 bits per heavy atom. The number of hydrogen-bond acceptors (Lipinski definition) is 15. The van der Waals surface area contributed by atoms with Crippen molar-refractivity contribution < 1.29 is 80.2 Å². The molecule has 0 heterocycles. The summed E-state index contributed by atoms with van der Waals surface area (Å²) in [7, 11) is -9.92. The highest BCUT2D eigenvalue weighted by Gasteiger charge is 2.30. The monoisotopic (exact) mass is 1480 g/mol. The molecule has 0 amide bonds. The van der Waals surface area contributed by atoms with Gasteiger partial charge in [0.05, 0.1) is 26.4 Å². The fourth-order valence-corrected chi connectivity index (χ4v) is 14.3. The molecule has 0 aromatic heterocycles. The number of phosphoric ester groups is 2. The van der Waals surface area contributed by atoms with Crippen molar-refractivity contribution in [1.29, 1.82) is 0 Å². The van der Waals surface area contributed by atoms with Crippen molar-refractivity contribution in [2.24, 2.45) is 5.92 Å². The Morgan fingerprint density at radius 2 is 0.475 bits per heavy atom. The van der Waals surface area contributed by atoms with Crippen LogP contribution < -0.4 is 0 Å². The zero-order chi connectivity index (χ0) is 74.1. The molecule has 19 heteroatoms. The quantitative estimate of drug-likeness (QED) is 0.0222. The van der Waals surface area contributed by atoms with Crippen LogP contribution in [0.2, 0.25) is 0 Å². The number of aliphatic hydroxyl groups excluding tert-OH is 1. The molecule has 0 aromatic carbocycles. The standard InChI is InChI=1S/C82H160O17P2/c1-6-10-13-16-19-22-25-28-30-32-34-36-38-41-47-52-57-62-67-81(86)98-77(71-93-80(85)66-61-56-51-46-40-37-35-33-31-29-26-23-20-17-14-11-7-2)73-96-100(88,89)94-69-76(83)70-95-101(90,91)97-74-78(72-92-79(84)65-60-55-50-45-39-27-24-21-18-15-12-8-3)99-82(87)68-63-58-53-48-43-42-44-49-54-59-64-75(5)9-4/h75-78,83H,6-74H2,1-5H3,(H,88,89)(H,90,91)/t75?,76-,77-,78-/m1/s1. The Balaban J connectivity index is 5.26. The summed E-state index contributed by atoms with van der Waals surface area (Å²) in [6.07, 6.45) is 66.4. The van der Waals surface area contributed by atoms with Gasteiger partial charge in [0.1, 0.15) is 19.3 Å². The van der Waals surface area contributed by atoms with Gasteiger partial charge < -0.3 is 33.8 Å². The van der Waals surface area contributed by atoms with E-state index in [1.54, 1.807) is 0 Å². The third kappa shape index (κ3) is 74.7. The summed E-state index contributed by atoms with van der Waals surface area (Å²) in [5.41, 5.74) is 0. The van der Waals surface area contributed by atoms with E-state index in [-0.39, 0.29) is 25.7 Å². The van der Waals surface area contributed by atoms with Crippen molar-refractivity contribution in [2.75, 3.05) is 39.6 Å². The lowest BCUT2D eigenvalue weighted by Gasteiger charge is -2.21. The van der Waals surface area contributed by atoms with Gasteiger partial charge in [0.2, 0.25) is 0 Å². The largest absolute Gasteiger partial charge is 0.472 e. The Bertz CT molecular complexity index is 1930. The second-order valence-corrected chi connectivity index (χ2v) is 32.7. The zero-order valence-corrected chi connectivity index (χ0v) is 67.8. The van der Waals surface area contributed by atoms with Gasteiger partial charge in [-0.15, -0.1) is 0 Å². The van der Waals surface area contributed by atoms with E-state index in [4.69, 9.17) is 37.0 Å². The Morgan fingerprint density at radius 1 is 0.277 bits per heavy atom. The van der Waals surface area contributed by atoms with Gasteiger partial charge in [-0.1, -0.05) is 388 Å². The van der Waals surface area contributed by atoms with E-state index < -0.39 is 97.5 Å². The first kappa shape index (κ1) is 99.1. The van der Waals surface area contributed by atoms with Crippen molar-refractivity contribution >= 4 is 39.5 Å². The highest BCUT2D eigenvalue weighted by Crippen LogP contribution is 2.45. The summed E-state index contributed by atoms with van der Waals surface area (Å²) in [5.74, 6) is -1.30. The third-order valence-corrected chi connectivity index (χ3v) is 21.5. The molecular formula is C82H160O17P2. The Kier molecular flexibility index (Phi) is 73.5. The first-order valence-electron chi connectivity index (χ1n) is 42.7. The number of rotatable bonds is 82. The molecule has 0 aliphatic rings. The fourth-order valence-electron chi connectivity index (χ4n) is 12.7. The van der Waals surface area contributed by atoms with E-state index in [2.05, 4.69) is 34.6 Å². The minimum Gasteiger partial charge on any atom is -0.462 e. The van der Waals surface area contributed by atoms with Crippen molar-refractivity contribution in [1.82, 2.24) is 0 Å². The molecule has 3 unspecified atom stereocenters. The molecule has 0 aromatic rings. The molecule has 17 nitrogen and oxygen atoms in total. The predicted octanol–water partition coefficient (Wildman–Crippen LogP) is 24.8. The number of hydrogen-bond donors (Lipinski definition) is 3. The third-order valence-electron chi connectivity index (χ3n) is 19.6. The normalized spacial score (nSPS) is 14.1. The lowest BCUT2D eigenvalue weighted by molar-refractivity contribution is -0.161. The van der Waals surface area contributed by atoms with Gasteiger partial charge in [0, 0.05) is 25.7 Å². The second kappa shape index (κ2) is 74.9. The van der Waals surface area contributed by atoms with Crippen LogP contribution in [0, 0.1) is 5.92 Å². The van der Waals surface area contributed by atoms with E-state index in [0.717, 1.165) is 95.8 Å². The molecule has 600 valence electrons. The van der Waals surface area contributed by atoms with Crippen LogP contribution in [0.3, 0.4) is 0 Å². The summed E-state index contributed by atoms with van der Waals surface area (Å²) in [5, 5.41) is 10.7. The van der Waals surface area contributed by atoms with Crippen molar-refractivity contribution in [3.05, 3.63) is 0 Å². The summed E-state index contributed by atoms with van der Waals surface area (Å²) < 4.78 is 68.8. The summed E-state index contributed by atoms with van der Waals surface area (Å²) >= 11 is 0. The van der Waals surface area contributed by atoms with Crippen molar-refractivity contribution in [3.8, 4) is 0 Å². The van der Waals surface area contributed by atoms with E-state index in [1.165, 1.54) is 263 Å².